The maximum Gasteiger partial charge on any atom is 0.422 e. The molecule has 0 atom stereocenters. The average molecular weight is 518 g/mol. The minimum absolute atomic E-state index is 0.0121. The molecule has 4 rings (SSSR count). The van der Waals surface area contributed by atoms with Gasteiger partial charge >= 0.3 is 6.18 Å². The van der Waals surface area contributed by atoms with Crippen molar-refractivity contribution in [1.82, 2.24) is 4.98 Å². The lowest BCUT2D eigenvalue weighted by atomic mass is 9.97. The Hall–Kier alpha value is -3.55. The second kappa shape index (κ2) is 11.2. The van der Waals surface area contributed by atoms with Gasteiger partial charge in [-0.3, -0.25) is 4.98 Å². The molecule has 37 heavy (non-hydrogen) atoms. The van der Waals surface area contributed by atoms with E-state index in [0.29, 0.717) is 47.9 Å². The van der Waals surface area contributed by atoms with Crippen molar-refractivity contribution in [2.24, 2.45) is 0 Å². The van der Waals surface area contributed by atoms with Crippen molar-refractivity contribution < 1.29 is 31.1 Å². The minimum Gasteiger partial charge on any atom is -0.492 e. The van der Waals surface area contributed by atoms with Crippen LogP contribution in [0.1, 0.15) is 41.3 Å². The lowest BCUT2D eigenvalue weighted by molar-refractivity contribution is -0.142. The van der Waals surface area contributed by atoms with Gasteiger partial charge in [0.15, 0.2) is 0 Å². The largest absolute Gasteiger partial charge is 0.492 e. The molecule has 0 aliphatic heterocycles. The number of aryl methyl sites for hydroxylation is 4. The number of rotatable bonds is 9. The highest BCUT2D eigenvalue weighted by molar-refractivity contribution is 5.84. The molecular formula is C29H25F6NO. The summed E-state index contributed by atoms with van der Waals surface area (Å²) in [5.41, 5.74) is 0.356. The Labute approximate surface area is 210 Å². The average Bonchev–Trinajstić information content (AvgIpc) is 2.85. The highest BCUT2D eigenvalue weighted by atomic mass is 19.4. The van der Waals surface area contributed by atoms with E-state index < -0.39 is 29.2 Å². The molecular weight excluding hydrogens is 492 g/mol. The van der Waals surface area contributed by atoms with Gasteiger partial charge in [0.25, 0.3) is 0 Å². The summed E-state index contributed by atoms with van der Waals surface area (Å²) in [5.74, 6) is -3.08. The van der Waals surface area contributed by atoms with E-state index in [4.69, 9.17) is 4.74 Å². The van der Waals surface area contributed by atoms with Gasteiger partial charge in [-0.05, 0) is 78.4 Å². The molecule has 1 aromatic heterocycles. The molecule has 3 aromatic carbocycles. The lowest BCUT2D eigenvalue weighted by Gasteiger charge is -2.12. The molecule has 0 aliphatic carbocycles. The predicted molar refractivity (Wildman–Crippen MR) is 130 cm³/mol. The molecule has 1 heterocycles. The Balaban J connectivity index is 1.42. The van der Waals surface area contributed by atoms with E-state index in [1.807, 2.05) is 31.2 Å². The molecule has 194 valence electrons. The molecule has 0 bridgehead atoms. The monoisotopic (exact) mass is 517 g/mol. The third kappa shape index (κ3) is 6.42. The zero-order valence-corrected chi connectivity index (χ0v) is 20.1. The van der Waals surface area contributed by atoms with Crippen molar-refractivity contribution in [3.8, 4) is 5.75 Å². The van der Waals surface area contributed by atoms with Crippen LogP contribution in [0.25, 0.3) is 10.8 Å². The topological polar surface area (TPSA) is 22.1 Å². The van der Waals surface area contributed by atoms with Crippen LogP contribution in [0.3, 0.4) is 0 Å². The Morgan fingerprint density at radius 2 is 1.51 bits per heavy atom. The van der Waals surface area contributed by atoms with E-state index in [9.17, 15) is 22.0 Å². The highest BCUT2D eigenvalue weighted by Gasteiger charge is 2.37. The number of aromatic nitrogens is 1. The number of nitrogens with zero attached hydrogens (tertiary/aromatic N) is 1. The summed E-state index contributed by atoms with van der Waals surface area (Å²) in [4.78, 5) is 4.42. The van der Waals surface area contributed by atoms with Crippen molar-refractivity contribution in [2.45, 2.75) is 45.2 Å². The maximum atomic E-state index is 15.1. The Morgan fingerprint density at radius 1 is 0.784 bits per heavy atom. The van der Waals surface area contributed by atoms with Crippen LogP contribution in [-0.2, 0) is 31.9 Å². The molecule has 0 amide bonds. The number of benzene rings is 3. The Morgan fingerprint density at radius 3 is 2.16 bits per heavy atom. The molecule has 0 aliphatic rings. The second-order valence-electron chi connectivity index (χ2n) is 8.86. The van der Waals surface area contributed by atoms with Gasteiger partial charge in [-0.15, -0.1) is 0 Å². The zero-order chi connectivity index (χ0) is 26.6. The van der Waals surface area contributed by atoms with Crippen molar-refractivity contribution in [1.29, 1.82) is 0 Å². The van der Waals surface area contributed by atoms with Crippen molar-refractivity contribution in [3.63, 3.8) is 0 Å². The second-order valence-corrected chi connectivity index (χ2v) is 8.86. The summed E-state index contributed by atoms with van der Waals surface area (Å²) in [6.45, 7) is 2.68. The number of ether oxygens (including phenoxy) is 1. The summed E-state index contributed by atoms with van der Waals surface area (Å²) in [6.07, 6.45) is -1.01. The Kier molecular flexibility index (Phi) is 8.05. The van der Waals surface area contributed by atoms with Crippen molar-refractivity contribution in [3.05, 3.63) is 106 Å². The third-order valence-electron chi connectivity index (χ3n) is 6.11. The maximum absolute atomic E-state index is 15.1. The smallest absolute Gasteiger partial charge is 0.422 e. The van der Waals surface area contributed by atoms with Gasteiger partial charge in [-0.2, -0.15) is 13.2 Å². The summed E-state index contributed by atoms with van der Waals surface area (Å²) < 4.78 is 86.7. The molecule has 2 nitrogen and oxygen atoms in total. The summed E-state index contributed by atoms with van der Waals surface area (Å²) in [5, 5.41) is 1.11. The SMILES string of the molecule is CCCOc1ccc(CCc2ccc3c(F)c(CCc4cc(F)c(C(F)(F)F)c(F)c4)ccc3c2)nc1. The van der Waals surface area contributed by atoms with Crippen molar-refractivity contribution in [2.75, 3.05) is 6.61 Å². The van der Waals surface area contributed by atoms with Gasteiger partial charge in [0.1, 0.15) is 28.8 Å². The van der Waals surface area contributed by atoms with Crippen LogP contribution >= 0.6 is 0 Å². The van der Waals surface area contributed by atoms with Crippen molar-refractivity contribution >= 4 is 10.8 Å². The van der Waals surface area contributed by atoms with Crippen LogP contribution in [0, 0.1) is 17.5 Å². The van der Waals surface area contributed by atoms with Crippen LogP contribution in [0.15, 0.2) is 60.8 Å². The minimum atomic E-state index is -5.12. The normalized spacial score (nSPS) is 11.8. The van der Waals surface area contributed by atoms with E-state index in [0.717, 1.165) is 23.4 Å². The molecule has 0 fully saturated rings. The van der Waals surface area contributed by atoms with E-state index in [-0.39, 0.29) is 18.4 Å². The number of halogens is 6. The molecule has 0 radical (unpaired) electrons. The van der Waals surface area contributed by atoms with Crippen LogP contribution in [0.4, 0.5) is 26.3 Å². The summed E-state index contributed by atoms with van der Waals surface area (Å²) in [6, 6.07) is 13.9. The predicted octanol–water partition coefficient (Wildman–Crippen LogP) is 8.03. The fraction of sp³-hybridized carbons (Fsp3) is 0.276. The first-order valence-electron chi connectivity index (χ1n) is 12.0. The zero-order valence-electron chi connectivity index (χ0n) is 20.1. The first-order valence-corrected chi connectivity index (χ1v) is 12.0. The third-order valence-corrected chi connectivity index (χ3v) is 6.11. The molecule has 0 saturated heterocycles. The number of hydrogen-bond acceptors (Lipinski definition) is 2. The first kappa shape index (κ1) is 26.5. The number of pyridine rings is 1. The van der Waals surface area contributed by atoms with Gasteiger partial charge in [0.2, 0.25) is 0 Å². The van der Waals surface area contributed by atoms with Crippen LogP contribution in [0.2, 0.25) is 0 Å². The van der Waals surface area contributed by atoms with Crippen LogP contribution in [0.5, 0.6) is 5.75 Å². The van der Waals surface area contributed by atoms with E-state index in [2.05, 4.69) is 4.98 Å². The Bertz CT molecular complexity index is 1360. The fourth-order valence-electron chi connectivity index (χ4n) is 4.19. The van der Waals surface area contributed by atoms with E-state index in [1.54, 1.807) is 24.4 Å². The van der Waals surface area contributed by atoms with Gasteiger partial charge in [-0.25, -0.2) is 13.2 Å². The van der Waals surface area contributed by atoms with E-state index in [1.165, 1.54) is 0 Å². The van der Waals surface area contributed by atoms with Gasteiger partial charge < -0.3 is 4.74 Å². The molecule has 0 unspecified atom stereocenters. The summed E-state index contributed by atoms with van der Waals surface area (Å²) >= 11 is 0. The number of alkyl halides is 3. The molecule has 0 N–H and O–H groups in total. The van der Waals surface area contributed by atoms with Gasteiger partial charge in [0.05, 0.1) is 12.8 Å². The molecule has 8 heteroatoms. The number of hydrogen-bond donors (Lipinski definition) is 0. The standard InChI is InChI=1S/C29H25F6NO/c1-2-13-37-23-11-10-22(36-17-23)9-4-18-5-12-24-21(14-18)8-7-20(28(24)32)6-3-19-15-25(30)27(26(31)16-19)29(33,34)35/h5,7-8,10-12,14-17H,2-4,6,9,13H2,1H3. The first-order chi connectivity index (χ1) is 17.7. The lowest BCUT2D eigenvalue weighted by Crippen LogP contribution is -2.12. The van der Waals surface area contributed by atoms with Gasteiger partial charge in [-0.1, -0.05) is 37.3 Å². The van der Waals surface area contributed by atoms with Crippen LogP contribution in [-0.4, -0.2) is 11.6 Å². The molecule has 0 spiro atoms. The highest BCUT2D eigenvalue weighted by Crippen LogP contribution is 2.34. The molecule has 0 saturated carbocycles. The number of fused-ring (bicyclic) bond motifs is 1. The summed E-state index contributed by atoms with van der Waals surface area (Å²) in [7, 11) is 0. The van der Waals surface area contributed by atoms with Gasteiger partial charge in [0, 0.05) is 11.1 Å². The van der Waals surface area contributed by atoms with E-state index >= 15 is 4.39 Å². The van der Waals surface area contributed by atoms with Crippen LogP contribution < -0.4 is 4.74 Å². The quantitative estimate of drug-likeness (QED) is 0.210. The molecule has 4 aromatic rings. The fourth-order valence-corrected chi connectivity index (χ4v) is 4.19.